The van der Waals surface area contributed by atoms with Gasteiger partial charge in [-0.25, -0.2) is 4.79 Å². The highest BCUT2D eigenvalue weighted by Crippen LogP contribution is 2.27. The van der Waals surface area contributed by atoms with Crippen LogP contribution in [0.15, 0.2) is 77.0 Å². The monoisotopic (exact) mass is 481 g/mol. The van der Waals surface area contributed by atoms with E-state index in [1.54, 1.807) is 56.4 Å². The lowest BCUT2D eigenvalue weighted by Gasteiger charge is -2.18. The summed E-state index contributed by atoms with van der Waals surface area (Å²) in [4.78, 5) is 39.2. The van der Waals surface area contributed by atoms with E-state index in [1.807, 2.05) is 47.8 Å². The van der Waals surface area contributed by atoms with E-state index in [0.29, 0.717) is 10.5 Å². The number of Topliss-reactive ketones (excluding diaryl/α,β-unsaturated/α-hetero) is 1. The van der Waals surface area contributed by atoms with Gasteiger partial charge in [0.25, 0.3) is 0 Å². The summed E-state index contributed by atoms with van der Waals surface area (Å²) in [6, 6.07) is 20.5. The fourth-order valence-electron chi connectivity index (χ4n) is 2.95. The van der Waals surface area contributed by atoms with Gasteiger partial charge in [-0.05, 0) is 29.1 Å². The van der Waals surface area contributed by atoms with Crippen LogP contribution in [-0.2, 0) is 14.3 Å². The van der Waals surface area contributed by atoms with E-state index in [1.165, 1.54) is 11.8 Å². The standard InChI is InChI=1S/C26H27NO4S2/c1-26(2,3)22(28)16-31-25(30)19-12-7-8-13-20(19)33-17-23(29)27-24(21-14-9-15-32-21)18-10-5-4-6-11-18/h4-15,24H,16-17H2,1-3H3,(H,27,29). The molecule has 0 aliphatic carbocycles. The Hall–Kier alpha value is -2.90. The van der Waals surface area contributed by atoms with E-state index >= 15 is 0 Å². The summed E-state index contributed by atoms with van der Waals surface area (Å²) < 4.78 is 5.23. The lowest BCUT2D eigenvalue weighted by Crippen LogP contribution is -2.30. The van der Waals surface area contributed by atoms with E-state index in [2.05, 4.69) is 5.32 Å². The largest absolute Gasteiger partial charge is 0.454 e. The Bertz CT molecular complexity index is 1090. The van der Waals surface area contributed by atoms with Gasteiger partial charge in [-0.2, -0.15) is 0 Å². The molecule has 3 aromatic rings. The number of benzene rings is 2. The van der Waals surface area contributed by atoms with Crippen molar-refractivity contribution in [3.63, 3.8) is 0 Å². The Kier molecular flexibility index (Phi) is 8.47. The number of hydrogen-bond donors (Lipinski definition) is 1. The molecular formula is C26H27NO4S2. The van der Waals surface area contributed by atoms with E-state index in [4.69, 9.17) is 4.74 Å². The molecule has 1 heterocycles. The van der Waals surface area contributed by atoms with Gasteiger partial charge in [0, 0.05) is 15.2 Å². The zero-order chi connectivity index (χ0) is 23.8. The van der Waals surface area contributed by atoms with Crippen LogP contribution >= 0.6 is 23.1 Å². The molecule has 0 aliphatic rings. The van der Waals surface area contributed by atoms with Gasteiger partial charge in [-0.3, -0.25) is 9.59 Å². The Morgan fingerprint density at radius 2 is 1.67 bits per heavy atom. The molecule has 0 spiro atoms. The third-order valence-corrected chi connectivity index (χ3v) is 6.91. The molecule has 0 bridgehead atoms. The van der Waals surface area contributed by atoms with Crippen molar-refractivity contribution in [1.82, 2.24) is 5.32 Å². The summed E-state index contributed by atoms with van der Waals surface area (Å²) in [6.07, 6.45) is 0. The quantitative estimate of drug-likeness (QED) is 0.322. The molecule has 1 unspecified atom stereocenters. The number of rotatable bonds is 9. The van der Waals surface area contributed by atoms with Gasteiger partial charge in [-0.1, -0.05) is 69.3 Å². The molecular weight excluding hydrogens is 454 g/mol. The van der Waals surface area contributed by atoms with Crippen LogP contribution in [0.4, 0.5) is 0 Å². The number of hydrogen-bond acceptors (Lipinski definition) is 6. The van der Waals surface area contributed by atoms with Crippen LogP contribution in [0.1, 0.15) is 47.6 Å². The lowest BCUT2D eigenvalue weighted by atomic mass is 9.91. The van der Waals surface area contributed by atoms with Crippen LogP contribution in [-0.4, -0.2) is 30.0 Å². The van der Waals surface area contributed by atoms with Gasteiger partial charge in [-0.15, -0.1) is 23.1 Å². The molecule has 1 atom stereocenters. The van der Waals surface area contributed by atoms with Crippen molar-refractivity contribution >= 4 is 40.8 Å². The molecule has 0 radical (unpaired) electrons. The van der Waals surface area contributed by atoms with Crippen molar-refractivity contribution < 1.29 is 19.1 Å². The molecule has 1 amide bonds. The zero-order valence-corrected chi connectivity index (χ0v) is 20.5. The van der Waals surface area contributed by atoms with Crippen LogP contribution in [0.5, 0.6) is 0 Å². The van der Waals surface area contributed by atoms with Gasteiger partial charge in [0.1, 0.15) is 0 Å². The molecule has 7 heteroatoms. The number of ether oxygens (including phenoxy) is 1. The van der Waals surface area contributed by atoms with Crippen molar-refractivity contribution in [2.45, 2.75) is 31.7 Å². The molecule has 5 nitrogen and oxygen atoms in total. The first-order valence-electron chi connectivity index (χ1n) is 10.6. The van der Waals surface area contributed by atoms with Crippen LogP contribution in [0.25, 0.3) is 0 Å². The van der Waals surface area contributed by atoms with Gasteiger partial charge in [0.15, 0.2) is 12.4 Å². The fourth-order valence-corrected chi connectivity index (χ4v) is 4.61. The third kappa shape index (κ3) is 7.04. The number of ketones is 1. The number of esters is 1. The van der Waals surface area contributed by atoms with Gasteiger partial charge in [0.2, 0.25) is 5.91 Å². The number of carbonyl (C=O) groups excluding carboxylic acids is 3. The van der Waals surface area contributed by atoms with E-state index in [-0.39, 0.29) is 30.1 Å². The maximum absolute atomic E-state index is 12.8. The van der Waals surface area contributed by atoms with E-state index in [9.17, 15) is 14.4 Å². The minimum atomic E-state index is -0.579. The second kappa shape index (κ2) is 11.3. The molecule has 3 rings (SSSR count). The predicted octanol–water partition coefficient (Wildman–Crippen LogP) is 5.52. The van der Waals surface area contributed by atoms with Crippen LogP contribution < -0.4 is 5.32 Å². The molecule has 2 aromatic carbocycles. The second-order valence-corrected chi connectivity index (χ2v) is 10.5. The average molecular weight is 482 g/mol. The average Bonchev–Trinajstić information content (AvgIpc) is 3.34. The second-order valence-electron chi connectivity index (χ2n) is 8.46. The molecule has 33 heavy (non-hydrogen) atoms. The summed E-state index contributed by atoms with van der Waals surface area (Å²) in [5.41, 5.74) is 0.769. The summed E-state index contributed by atoms with van der Waals surface area (Å²) in [7, 11) is 0. The molecule has 0 saturated carbocycles. The summed E-state index contributed by atoms with van der Waals surface area (Å²) >= 11 is 2.85. The summed E-state index contributed by atoms with van der Waals surface area (Å²) in [5.74, 6) is -0.731. The lowest BCUT2D eigenvalue weighted by molar-refractivity contribution is -0.129. The van der Waals surface area contributed by atoms with Gasteiger partial charge < -0.3 is 10.1 Å². The topological polar surface area (TPSA) is 72.5 Å². The smallest absolute Gasteiger partial charge is 0.339 e. The Labute approximate surface area is 202 Å². The Balaban J connectivity index is 1.64. The first kappa shape index (κ1) is 24.7. The number of amides is 1. The maximum atomic E-state index is 12.8. The van der Waals surface area contributed by atoms with Crippen molar-refractivity contribution in [1.29, 1.82) is 0 Å². The zero-order valence-electron chi connectivity index (χ0n) is 18.9. The number of carbonyl (C=O) groups is 3. The minimum Gasteiger partial charge on any atom is -0.454 e. The van der Waals surface area contributed by atoms with Crippen LogP contribution in [0.3, 0.4) is 0 Å². The highest BCUT2D eigenvalue weighted by Gasteiger charge is 2.24. The maximum Gasteiger partial charge on any atom is 0.339 e. The van der Waals surface area contributed by atoms with Crippen LogP contribution in [0.2, 0.25) is 0 Å². The van der Waals surface area contributed by atoms with E-state index in [0.717, 1.165) is 10.4 Å². The molecule has 0 aliphatic heterocycles. The SMILES string of the molecule is CC(C)(C)C(=O)COC(=O)c1ccccc1SCC(=O)NC(c1ccccc1)c1cccs1. The van der Waals surface area contributed by atoms with Crippen LogP contribution in [0, 0.1) is 5.41 Å². The third-order valence-electron chi connectivity index (χ3n) is 4.90. The highest BCUT2D eigenvalue weighted by molar-refractivity contribution is 8.00. The molecule has 0 saturated heterocycles. The van der Waals surface area contributed by atoms with Crippen molar-refractivity contribution in [2.75, 3.05) is 12.4 Å². The van der Waals surface area contributed by atoms with Crippen molar-refractivity contribution in [3.8, 4) is 0 Å². The first-order chi connectivity index (χ1) is 15.8. The van der Waals surface area contributed by atoms with Gasteiger partial charge >= 0.3 is 5.97 Å². The number of thioether (sulfide) groups is 1. The van der Waals surface area contributed by atoms with Crippen molar-refractivity contribution in [2.24, 2.45) is 5.41 Å². The molecule has 172 valence electrons. The summed E-state index contributed by atoms with van der Waals surface area (Å²) in [6.45, 7) is 5.07. The number of nitrogens with one attached hydrogen (secondary N) is 1. The predicted molar refractivity (Wildman–Crippen MR) is 133 cm³/mol. The molecule has 1 aromatic heterocycles. The number of thiophene rings is 1. The van der Waals surface area contributed by atoms with Crippen molar-refractivity contribution in [3.05, 3.63) is 88.1 Å². The van der Waals surface area contributed by atoms with Gasteiger partial charge in [0.05, 0.1) is 17.4 Å². The first-order valence-corrected chi connectivity index (χ1v) is 12.4. The van der Waals surface area contributed by atoms with E-state index < -0.39 is 11.4 Å². The fraction of sp³-hybridized carbons (Fsp3) is 0.269. The minimum absolute atomic E-state index is 0.139. The molecule has 1 N–H and O–H groups in total. The highest BCUT2D eigenvalue weighted by atomic mass is 32.2. The normalized spacial score (nSPS) is 12.1. The Morgan fingerprint density at radius 3 is 2.33 bits per heavy atom. The molecule has 0 fully saturated rings. The Morgan fingerprint density at radius 1 is 0.970 bits per heavy atom. The summed E-state index contributed by atoms with van der Waals surface area (Å²) in [5, 5.41) is 5.09.